The summed E-state index contributed by atoms with van der Waals surface area (Å²) in [5.74, 6) is 0. The molecule has 0 radical (unpaired) electrons. The van der Waals surface area contributed by atoms with Gasteiger partial charge in [0.1, 0.15) is 0 Å². The molecule has 0 unspecified atom stereocenters. The van der Waals surface area contributed by atoms with E-state index in [9.17, 15) is 0 Å². The van der Waals surface area contributed by atoms with Crippen molar-refractivity contribution in [3.63, 3.8) is 0 Å². The van der Waals surface area contributed by atoms with Gasteiger partial charge in [-0.25, -0.2) is 0 Å². The lowest BCUT2D eigenvalue weighted by Crippen LogP contribution is -1.95. The van der Waals surface area contributed by atoms with E-state index < -0.39 is 0 Å². The quantitative estimate of drug-likeness (QED) is 0.152. The molecule has 10 aromatic carbocycles. The molecular weight excluding hydrogens is 749 g/mol. The van der Waals surface area contributed by atoms with Crippen LogP contribution in [0.2, 0.25) is 0 Å². The second-order valence-electron chi connectivity index (χ2n) is 16.1. The van der Waals surface area contributed by atoms with Crippen LogP contribution in [0.25, 0.3) is 111 Å². The van der Waals surface area contributed by atoms with Crippen LogP contribution in [0.5, 0.6) is 0 Å². The molecule has 0 atom stereocenters. The molecule has 0 saturated carbocycles. The zero-order valence-corrected chi connectivity index (χ0v) is 34.0. The van der Waals surface area contributed by atoms with Crippen molar-refractivity contribution in [2.24, 2.45) is 0 Å². The highest BCUT2D eigenvalue weighted by molar-refractivity contribution is 6.10. The molecule has 2 nitrogen and oxygen atoms in total. The Morgan fingerprint density at radius 3 is 1.11 bits per heavy atom. The molecule has 0 bridgehead atoms. The first kappa shape index (κ1) is 35.7. The summed E-state index contributed by atoms with van der Waals surface area (Å²) in [5, 5.41) is 5.06. The number of para-hydroxylation sites is 4. The third-order valence-corrected chi connectivity index (χ3v) is 12.6. The fourth-order valence-corrected chi connectivity index (χ4v) is 9.66. The number of hydrogen-bond donors (Lipinski definition) is 0. The third kappa shape index (κ3) is 5.96. The van der Waals surface area contributed by atoms with Crippen molar-refractivity contribution in [2.75, 3.05) is 0 Å². The molecule has 0 aliphatic heterocycles. The SMILES string of the molecule is c1ccc(-c2cccc(-c3ccccc3-c3cc(-c4ccc(-n5c6ccccc6c6ccccc65)cc4)ccc3-c3ccc(-n4c5ccccc5c5ccccc54)cc3)c2)cc1. The molecule has 290 valence electrons. The molecule has 12 aromatic rings. The van der Waals surface area contributed by atoms with Crippen molar-refractivity contribution in [3.05, 3.63) is 243 Å². The molecule has 2 heteroatoms. The molecule has 2 heterocycles. The van der Waals surface area contributed by atoms with E-state index in [1.807, 2.05) is 0 Å². The first-order valence-electron chi connectivity index (χ1n) is 21.3. The van der Waals surface area contributed by atoms with E-state index in [4.69, 9.17) is 0 Å². The zero-order valence-electron chi connectivity index (χ0n) is 34.0. The Balaban J connectivity index is 0.999. The minimum absolute atomic E-state index is 1.14. The van der Waals surface area contributed by atoms with Crippen molar-refractivity contribution in [2.45, 2.75) is 0 Å². The van der Waals surface area contributed by atoms with Crippen molar-refractivity contribution >= 4 is 43.6 Å². The van der Waals surface area contributed by atoms with Crippen molar-refractivity contribution in [1.82, 2.24) is 9.13 Å². The number of hydrogen-bond acceptors (Lipinski definition) is 0. The van der Waals surface area contributed by atoms with Gasteiger partial charge in [-0.2, -0.15) is 0 Å². The predicted octanol–water partition coefficient (Wildman–Crippen LogP) is 16.2. The lowest BCUT2D eigenvalue weighted by molar-refractivity contribution is 1.18. The minimum Gasteiger partial charge on any atom is -0.309 e. The van der Waals surface area contributed by atoms with Crippen molar-refractivity contribution < 1.29 is 0 Å². The third-order valence-electron chi connectivity index (χ3n) is 12.6. The van der Waals surface area contributed by atoms with Gasteiger partial charge in [0.05, 0.1) is 22.1 Å². The van der Waals surface area contributed by atoms with E-state index in [0.717, 1.165) is 11.4 Å². The van der Waals surface area contributed by atoms with Crippen LogP contribution in [0.3, 0.4) is 0 Å². The van der Waals surface area contributed by atoms with Crippen LogP contribution in [-0.2, 0) is 0 Å². The van der Waals surface area contributed by atoms with E-state index in [0.29, 0.717) is 0 Å². The fourth-order valence-electron chi connectivity index (χ4n) is 9.66. The highest BCUT2D eigenvalue weighted by Gasteiger charge is 2.17. The molecule has 2 aromatic heterocycles. The molecular formula is C60H40N2. The smallest absolute Gasteiger partial charge is 0.0541 e. The van der Waals surface area contributed by atoms with Gasteiger partial charge in [0.25, 0.3) is 0 Å². The van der Waals surface area contributed by atoms with Gasteiger partial charge < -0.3 is 9.13 Å². The Bertz CT molecular complexity index is 3500. The second-order valence-corrected chi connectivity index (χ2v) is 16.1. The molecule has 12 rings (SSSR count). The summed E-state index contributed by atoms with van der Waals surface area (Å²) in [7, 11) is 0. The Hall–Kier alpha value is -8.20. The molecule has 0 N–H and O–H groups in total. The number of rotatable bonds is 7. The van der Waals surface area contributed by atoms with Gasteiger partial charge in [-0.05, 0) is 116 Å². The maximum Gasteiger partial charge on any atom is 0.0541 e. The number of nitrogens with zero attached hydrogens (tertiary/aromatic N) is 2. The first-order valence-corrected chi connectivity index (χ1v) is 21.3. The van der Waals surface area contributed by atoms with Crippen molar-refractivity contribution in [3.8, 4) is 67.0 Å². The number of aromatic nitrogens is 2. The molecule has 0 fully saturated rings. The molecule has 0 aliphatic carbocycles. The average molecular weight is 789 g/mol. The van der Waals surface area contributed by atoms with Gasteiger partial charge in [-0.1, -0.05) is 182 Å². The number of benzene rings is 10. The molecule has 0 spiro atoms. The predicted molar refractivity (Wildman–Crippen MR) is 262 cm³/mol. The summed E-state index contributed by atoms with van der Waals surface area (Å²) < 4.78 is 4.77. The second kappa shape index (κ2) is 14.8. The maximum atomic E-state index is 2.39. The molecule has 0 saturated heterocycles. The molecule has 62 heavy (non-hydrogen) atoms. The Morgan fingerprint density at radius 1 is 0.194 bits per heavy atom. The van der Waals surface area contributed by atoms with Crippen LogP contribution in [-0.4, -0.2) is 9.13 Å². The highest BCUT2D eigenvalue weighted by Crippen LogP contribution is 2.42. The maximum absolute atomic E-state index is 2.39. The van der Waals surface area contributed by atoms with Crippen LogP contribution >= 0.6 is 0 Å². The molecule has 0 aliphatic rings. The lowest BCUT2D eigenvalue weighted by atomic mass is 9.87. The van der Waals surface area contributed by atoms with E-state index in [-0.39, 0.29) is 0 Å². The van der Waals surface area contributed by atoms with Gasteiger partial charge in [-0.3, -0.25) is 0 Å². The summed E-state index contributed by atoms with van der Waals surface area (Å²) in [5.41, 5.74) is 19.0. The standard InChI is InChI=1S/C60H40N2/c1-2-15-41(16-3-1)44-17-14-18-46(39-44)49-19-4-5-20-51(49)56-40-45(42-29-34-47(35-30-42)61-57-25-10-6-21-52(57)53-22-7-11-26-58(53)61)33-38-50(56)43-31-36-48(37-32-43)62-59-27-12-8-23-54(59)55-24-9-13-28-60(55)62/h1-40H. The Labute approximate surface area is 360 Å². The summed E-state index contributed by atoms with van der Waals surface area (Å²) in [4.78, 5) is 0. The van der Waals surface area contributed by atoms with Crippen LogP contribution in [0, 0.1) is 0 Å². The Kier molecular flexibility index (Phi) is 8.53. The zero-order chi connectivity index (χ0) is 41.0. The van der Waals surface area contributed by atoms with Gasteiger partial charge in [0, 0.05) is 32.9 Å². The van der Waals surface area contributed by atoms with Crippen LogP contribution in [0.1, 0.15) is 0 Å². The van der Waals surface area contributed by atoms with Crippen LogP contribution in [0.4, 0.5) is 0 Å². The average Bonchev–Trinajstić information content (AvgIpc) is 3.87. The van der Waals surface area contributed by atoms with Crippen LogP contribution < -0.4 is 0 Å². The van der Waals surface area contributed by atoms with Gasteiger partial charge in [-0.15, -0.1) is 0 Å². The monoisotopic (exact) mass is 788 g/mol. The van der Waals surface area contributed by atoms with E-state index in [1.165, 1.54) is 99.2 Å². The van der Waals surface area contributed by atoms with E-state index in [1.54, 1.807) is 0 Å². The van der Waals surface area contributed by atoms with E-state index >= 15 is 0 Å². The van der Waals surface area contributed by atoms with Gasteiger partial charge in [0.15, 0.2) is 0 Å². The van der Waals surface area contributed by atoms with Crippen molar-refractivity contribution in [1.29, 1.82) is 0 Å². The summed E-state index contributed by atoms with van der Waals surface area (Å²) in [6.45, 7) is 0. The first-order chi connectivity index (χ1) is 30.8. The highest BCUT2D eigenvalue weighted by atomic mass is 15.0. The van der Waals surface area contributed by atoms with Crippen LogP contribution in [0.15, 0.2) is 243 Å². The normalized spacial score (nSPS) is 11.5. The topological polar surface area (TPSA) is 9.86 Å². The fraction of sp³-hybridized carbons (Fsp3) is 0. The Morgan fingerprint density at radius 2 is 0.565 bits per heavy atom. The summed E-state index contributed by atoms with van der Waals surface area (Å²) >= 11 is 0. The summed E-state index contributed by atoms with van der Waals surface area (Å²) in [6.07, 6.45) is 0. The van der Waals surface area contributed by atoms with Gasteiger partial charge in [0.2, 0.25) is 0 Å². The largest absolute Gasteiger partial charge is 0.309 e. The lowest BCUT2D eigenvalue weighted by Gasteiger charge is -2.18. The number of fused-ring (bicyclic) bond motifs is 6. The summed E-state index contributed by atoms with van der Waals surface area (Å²) in [6, 6.07) is 88.5. The van der Waals surface area contributed by atoms with Gasteiger partial charge >= 0.3 is 0 Å². The minimum atomic E-state index is 1.14. The van der Waals surface area contributed by atoms with E-state index in [2.05, 4.69) is 252 Å². The molecule has 0 amide bonds.